The summed E-state index contributed by atoms with van der Waals surface area (Å²) in [6.45, 7) is 0. The van der Waals surface area contributed by atoms with E-state index < -0.39 is 5.82 Å². The number of aromatic nitrogens is 2. The first-order valence-corrected chi connectivity index (χ1v) is 6.39. The summed E-state index contributed by atoms with van der Waals surface area (Å²) in [6.07, 6.45) is 0. The van der Waals surface area contributed by atoms with Gasteiger partial charge >= 0.3 is 0 Å². The Hall–Kier alpha value is -2.95. The first kappa shape index (κ1) is 11.8. The Morgan fingerprint density at radius 1 is 1.10 bits per heavy atom. The lowest BCUT2D eigenvalue weighted by molar-refractivity contribution is 0.624. The highest BCUT2D eigenvalue weighted by atomic mass is 19.1. The normalized spacial score (nSPS) is 11.3. The number of benzene rings is 2. The lowest BCUT2D eigenvalue weighted by Gasteiger charge is -2.00. The zero-order valence-corrected chi connectivity index (χ0v) is 10.8. The van der Waals surface area contributed by atoms with Crippen LogP contribution in [0.15, 0.2) is 57.7 Å². The fourth-order valence-corrected chi connectivity index (χ4v) is 2.33. The fourth-order valence-electron chi connectivity index (χ4n) is 2.33. The summed E-state index contributed by atoms with van der Waals surface area (Å²) in [5.41, 5.74) is 0.680. The molecule has 0 saturated heterocycles. The quantitative estimate of drug-likeness (QED) is 0.580. The van der Waals surface area contributed by atoms with Crippen molar-refractivity contribution in [1.82, 2.24) is 9.97 Å². The van der Waals surface area contributed by atoms with Gasteiger partial charge in [-0.15, -0.1) is 0 Å². The molecule has 0 radical (unpaired) electrons. The van der Waals surface area contributed by atoms with E-state index in [1.807, 2.05) is 24.3 Å². The fraction of sp³-hybridized carbons (Fsp3) is 0. The molecular formula is C16H9FN2O2. The van der Waals surface area contributed by atoms with Gasteiger partial charge in [0.2, 0.25) is 0 Å². The number of H-pyrrole nitrogens is 1. The van der Waals surface area contributed by atoms with Crippen LogP contribution in [0.3, 0.4) is 0 Å². The minimum absolute atomic E-state index is 0.286. The van der Waals surface area contributed by atoms with E-state index in [0.29, 0.717) is 22.2 Å². The summed E-state index contributed by atoms with van der Waals surface area (Å²) >= 11 is 0. The number of nitrogens with zero attached hydrogens (tertiary/aromatic N) is 1. The molecule has 2 heterocycles. The van der Waals surface area contributed by atoms with Gasteiger partial charge in [-0.1, -0.05) is 18.2 Å². The summed E-state index contributed by atoms with van der Waals surface area (Å²) in [6, 6.07) is 13.2. The average molecular weight is 280 g/mol. The molecule has 0 aliphatic carbocycles. The Labute approximate surface area is 117 Å². The van der Waals surface area contributed by atoms with E-state index in [4.69, 9.17) is 4.42 Å². The maximum atomic E-state index is 13.3. The van der Waals surface area contributed by atoms with E-state index in [2.05, 4.69) is 9.97 Å². The minimum atomic E-state index is -0.434. The third kappa shape index (κ3) is 1.90. The van der Waals surface area contributed by atoms with Crippen molar-refractivity contribution in [3.8, 4) is 11.6 Å². The van der Waals surface area contributed by atoms with Crippen molar-refractivity contribution in [1.29, 1.82) is 0 Å². The molecule has 2 aromatic carbocycles. The lowest BCUT2D eigenvalue weighted by Crippen LogP contribution is -2.09. The number of aromatic amines is 1. The maximum Gasteiger partial charge on any atom is 0.259 e. The van der Waals surface area contributed by atoms with Crippen LogP contribution in [-0.4, -0.2) is 9.97 Å². The van der Waals surface area contributed by atoms with Gasteiger partial charge in [-0.2, -0.15) is 0 Å². The SMILES string of the molecule is O=c1[nH]c(-c2cc3ccccc3o2)nc2cc(F)ccc12. The van der Waals surface area contributed by atoms with Crippen molar-refractivity contribution in [2.24, 2.45) is 0 Å². The van der Waals surface area contributed by atoms with Crippen molar-refractivity contribution in [3.05, 3.63) is 64.7 Å². The minimum Gasteiger partial charge on any atom is -0.453 e. The molecule has 0 fully saturated rings. The van der Waals surface area contributed by atoms with Gasteiger partial charge in [-0.25, -0.2) is 9.37 Å². The van der Waals surface area contributed by atoms with Gasteiger partial charge in [0.25, 0.3) is 5.56 Å². The summed E-state index contributed by atoms with van der Waals surface area (Å²) in [7, 11) is 0. The largest absolute Gasteiger partial charge is 0.453 e. The van der Waals surface area contributed by atoms with Gasteiger partial charge in [0, 0.05) is 11.5 Å². The Balaban J connectivity index is 1.99. The Morgan fingerprint density at radius 2 is 1.95 bits per heavy atom. The van der Waals surface area contributed by atoms with Crippen molar-refractivity contribution in [2.45, 2.75) is 0 Å². The van der Waals surface area contributed by atoms with Crippen molar-refractivity contribution < 1.29 is 8.81 Å². The van der Waals surface area contributed by atoms with Crippen molar-refractivity contribution >= 4 is 21.9 Å². The number of hydrogen-bond acceptors (Lipinski definition) is 3. The second kappa shape index (κ2) is 4.28. The third-order valence-corrected chi connectivity index (χ3v) is 3.33. The number of fused-ring (bicyclic) bond motifs is 2. The number of para-hydroxylation sites is 1. The van der Waals surface area contributed by atoms with E-state index in [9.17, 15) is 9.18 Å². The number of rotatable bonds is 1. The molecule has 21 heavy (non-hydrogen) atoms. The molecule has 4 nitrogen and oxygen atoms in total. The molecule has 0 bridgehead atoms. The maximum absolute atomic E-state index is 13.3. The molecule has 0 unspecified atom stereocenters. The van der Waals surface area contributed by atoms with Crippen LogP contribution in [0.25, 0.3) is 33.5 Å². The predicted molar refractivity (Wildman–Crippen MR) is 77.5 cm³/mol. The molecule has 0 aliphatic heterocycles. The number of furan rings is 1. The highest BCUT2D eigenvalue weighted by molar-refractivity contribution is 5.83. The Morgan fingerprint density at radius 3 is 2.81 bits per heavy atom. The number of hydrogen-bond donors (Lipinski definition) is 1. The molecule has 0 atom stereocenters. The summed E-state index contributed by atoms with van der Waals surface area (Å²) in [4.78, 5) is 19.0. The van der Waals surface area contributed by atoms with Crippen LogP contribution in [0.2, 0.25) is 0 Å². The molecular weight excluding hydrogens is 271 g/mol. The molecule has 4 aromatic rings. The highest BCUT2D eigenvalue weighted by Crippen LogP contribution is 2.25. The summed E-state index contributed by atoms with van der Waals surface area (Å²) in [5.74, 6) is 0.296. The van der Waals surface area contributed by atoms with Crippen LogP contribution in [-0.2, 0) is 0 Å². The molecule has 0 amide bonds. The molecule has 1 N–H and O–H groups in total. The highest BCUT2D eigenvalue weighted by Gasteiger charge is 2.11. The summed E-state index contributed by atoms with van der Waals surface area (Å²) in [5, 5.41) is 1.26. The third-order valence-electron chi connectivity index (χ3n) is 3.33. The lowest BCUT2D eigenvalue weighted by atomic mass is 10.2. The second-order valence-corrected chi connectivity index (χ2v) is 4.72. The standard InChI is InChI=1S/C16H9FN2O2/c17-10-5-6-11-12(8-10)18-15(19-16(11)20)14-7-9-3-1-2-4-13(9)21-14/h1-8H,(H,18,19,20). The van der Waals surface area contributed by atoms with Crippen LogP contribution in [0.4, 0.5) is 4.39 Å². The molecule has 0 aliphatic rings. The molecule has 0 spiro atoms. The summed E-state index contributed by atoms with van der Waals surface area (Å²) < 4.78 is 19.0. The van der Waals surface area contributed by atoms with E-state index in [0.717, 1.165) is 5.39 Å². The topological polar surface area (TPSA) is 58.9 Å². The molecule has 102 valence electrons. The van der Waals surface area contributed by atoms with Crippen LogP contribution in [0, 0.1) is 5.82 Å². The predicted octanol–water partition coefficient (Wildman–Crippen LogP) is 3.48. The van der Waals surface area contributed by atoms with Crippen LogP contribution >= 0.6 is 0 Å². The van der Waals surface area contributed by atoms with Gasteiger partial charge in [0.05, 0.1) is 10.9 Å². The first-order chi connectivity index (χ1) is 10.2. The van der Waals surface area contributed by atoms with E-state index in [-0.39, 0.29) is 11.4 Å². The van der Waals surface area contributed by atoms with Gasteiger partial charge in [0.15, 0.2) is 11.6 Å². The second-order valence-electron chi connectivity index (χ2n) is 4.72. The van der Waals surface area contributed by atoms with Gasteiger partial charge in [0.1, 0.15) is 11.4 Å². The van der Waals surface area contributed by atoms with Crippen LogP contribution in [0.5, 0.6) is 0 Å². The zero-order valence-electron chi connectivity index (χ0n) is 10.8. The molecule has 4 rings (SSSR count). The molecule has 5 heteroatoms. The smallest absolute Gasteiger partial charge is 0.259 e. The number of nitrogens with one attached hydrogen (secondary N) is 1. The van der Waals surface area contributed by atoms with E-state index >= 15 is 0 Å². The zero-order chi connectivity index (χ0) is 14.4. The van der Waals surface area contributed by atoms with Gasteiger partial charge < -0.3 is 9.40 Å². The van der Waals surface area contributed by atoms with Crippen LogP contribution < -0.4 is 5.56 Å². The van der Waals surface area contributed by atoms with E-state index in [1.54, 1.807) is 6.07 Å². The molecule has 2 aromatic heterocycles. The Bertz CT molecular complexity index is 1000. The van der Waals surface area contributed by atoms with E-state index in [1.165, 1.54) is 18.2 Å². The van der Waals surface area contributed by atoms with Gasteiger partial charge in [-0.3, -0.25) is 4.79 Å². The Kier molecular flexibility index (Phi) is 2.41. The van der Waals surface area contributed by atoms with Gasteiger partial charge in [-0.05, 0) is 24.3 Å². The average Bonchev–Trinajstić information content (AvgIpc) is 2.90. The van der Waals surface area contributed by atoms with Crippen molar-refractivity contribution in [2.75, 3.05) is 0 Å². The molecule has 0 saturated carbocycles. The monoisotopic (exact) mass is 280 g/mol. The van der Waals surface area contributed by atoms with Crippen molar-refractivity contribution in [3.63, 3.8) is 0 Å². The van der Waals surface area contributed by atoms with Crippen LogP contribution in [0.1, 0.15) is 0 Å². The first-order valence-electron chi connectivity index (χ1n) is 6.39. The number of halogens is 1.